The first kappa shape index (κ1) is 18.4. The zero-order valence-electron chi connectivity index (χ0n) is 14.9. The van der Waals surface area contributed by atoms with E-state index < -0.39 is 0 Å². The van der Waals surface area contributed by atoms with Crippen LogP contribution in [0.3, 0.4) is 0 Å². The van der Waals surface area contributed by atoms with E-state index in [-0.39, 0.29) is 11.9 Å². The molecule has 130 valence electrons. The summed E-state index contributed by atoms with van der Waals surface area (Å²) in [6.07, 6.45) is 0.969. The van der Waals surface area contributed by atoms with Gasteiger partial charge in [0.2, 0.25) is 5.91 Å². The van der Waals surface area contributed by atoms with Crippen molar-refractivity contribution in [2.75, 3.05) is 12.4 Å². The van der Waals surface area contributed by atoms with Gasteiger partial charge >= 0.3 is 0 Å². The van der Waals surface area contributed by atoms with E-state index >= 15 is 0 Å². The van der Waals surface area contributed by atoms with Crippen molar-refractivity contribution in [3.8, 4) is 5.75 Å². The molecule has 1 atom stereocenters. The molecule has 0 bridgehead atoms. The first-order chi connectivity index (χ1) is 11.4. The third-order valence-corrected chi connectivity index (χ3v) is 5.24. The quantitative estimate of drug-likeness (QED) is 0.799. The molecule has 0 saturated heterocycles. The highest BCUT2D eigenvalue weighted by molar-refractivity contribution is 7.11. The topological polar surface area (TPSA) is 63.3 Å². The third kappa shape index (κ3) is 4.55. The molecule has 0 saturated carbocycles. The van der Waals surface area contributed by atoms with Gasteiger partial charge < -0.3 is 15.4 Å². The summed E-state index contributed by atoms with van der Waals surface area (Å²) in [7, 11) is 1.60. The molecule has 6 heteroatoms. The van der Waals surface area contributed by atoms with Gasteiger partial charge in [0.1, 0.15) is 5.75 Å². The average molecular weight is 347 g/mol. The average Bonchev–Trinajstić information content (AvgIpc) is 2.93. The predicted octanol–water partition coefficient (Wildman–Crippen LogP) is 3.83. The third-order valence-electron chi connectivity index (χ3n) is 3.76. The van der Waals surface area contributed by atoms with Gasteiger partial charge in [0.25, 0.3) is 0 Å². The molecule has 2 aromatic rings. The number of rotatable bonds is 7. The van der Waals surface area contributed by atoms with Crippen LogP contribution in [0.1, 0.15) is 48.0 Å². The maximum atomic E-state index is 11.3. The number of aromatic nitrogens is 1. The lowest BCUT2D eigenvalue weighted by molar-refractivity contribution is -0.114. The number of methoxy groups -OCH3 is 1. The van der Waals surface area contributed by atoms with Gasteiger partial charge in [-0.3, -0.25) is 4.79 Å². The summed E-state index contributed by atoms with van der Waals surface area (Å²) in [5, 5.41) is 7.51. The minimum absolute atomic E-state index is 0.112. The van der Waals surface area contributed by atoms with Crippen molar-refractivity contribution in [1.29, 1.82) is 0 Å². The Balaban J connectivity index is 2.07. The second-order valence-electron chi connectivity index (χ2n) is 5.73. The molecule has 0 radical (unpaired) electrons. The van der Waals surface area contributed by atoms with Crippen LogP contribution in [0.4, 0.5) is 5.69 Å². The van der Waals surface area contributed by atoms with E-state index in [0.29, 0.717) is 18.0 Å². The molecule has 1 heterocycles. The highest BCUT2D eigenvalue weighted by Gasteiger charge is 2.14. The van der Waals surface area contributed by atoms with E-state index in [2.05, 4.69) is 36.4 Å². The fourth-order valence-corrected chi connectivity index (χ4v) is 3.57. The summed E-state index contributed by atoms with van der Waals surface area (Å²) in [6, 6.07) is 6.05. The molecule has 0 aliphatic carbocycles. The summed E-state index contributed by atoms with van der Waals surface area (Å²) in [5.74, 6) is 0.548. The Morgan fingerprint density at radius 2 is 2.17 bits per heavy atom. The summed E-state index contributed by atoms with van der Waals surface area (Å²) in [4.78, 5) is 17.2. The van der Waals surface area contributed by atoms with Gasteiger partial charge in [-0.05, 0) is 38.0 Å². The normalized spacial score (nSPS) is 12.0. The molecule has 0 unspecified atom stereocenters. The van der Waals surface area contributed by atoms with Gasteiger partial charge in [-0.2, -0.15) is 0 Å². The summed E-state index contributed by atoms with van der Waals surface area (Å²) >= 11 is 1.77. The van der Waals surface area contributed by atoms with Crippen LogP contribution in [0.5, 0.6) is 5.75 Å². The number of nitrogens with zero attached hydrogens (tertiary/aromatic N) is 1. The zero-order valence-corrected chi connectivity index (χ0v) is 15.7. The van der Waals surface area contributed by atoms with Crippen LogP contribution in [-0.2, 0) is 17.8 Å². The summed E-state index contributed by atoms with van der Waals surface area (Å²) in [6.45, 7) is 8.53. The van der Waals surface area contributed by atoms with E-state index in [1.165, 1.54) is 16.8 Å². The molecule has 1 aromatic heterocycles. The van der Waals surface area contributed by atoms with E-state index in [0.717, 1.165) is 17.7 Å². The number of benzene rings is 1. The molecule has 2 N–H and O–H groups in total. The molecule has 0 spiro atoms. The van der Waals surface area contributed by atoms with Crippen molar-refractivity contribution < 1.29 is 9.53 Å². The summed E-state index contributed by atoms with van der Waals surface area (Å²) in [5.41, 5.74) is 2.88. The largest absolute Gasteiger partial charge is 0.495 e. The van der Waals surface area contributed by atoms with Crippen LogP contribution in [-0.4, -0.2) is 18.0 Å². The molecule has 5 nitrogen and oxygen atoms in total. The molecule has 1 amide bonds. The number of carbonyl (C=O) groups is 1. The van der Waals surface area contributed by atoms with Crippen molar-refractivity contribution >= 4 is 22.9 Å². The lowest BCUT2D eigenvalue weighted by Gasteiger charge is -2.15. The maximum Gasteiger partial charge on any atom is 0.221 e. The first-order valence-corrected chi connectivity index (χ1v) is 8.90. The van der Waals surface area contributed by atoms with Crippen molar-refractivity contribution in [2.24, 2.45) is 0 Å². The zero-order chi connectivity index (χ0) is 17.7. The van der Waals surface area contributed by atoms with Crippen molar-refractivity contribution in [1.82, 2.24) is 10.3 Å². The van der Waals surface area contributed by atoms with Crippen LogP contribution < -0.4 is 15.4 Å². The fraction of sp³-hybridized carbons (Fsp3) is 0.444. The van der Waals surface area contributed by atoms with Gasteiger partial charge in [-0.1, -0.05) is 13.0 Å². The molecule has 0 aliphatic heterocycles. The summed E-state index contributed by atoms with van der Waals surface area (Å²) < 4.78 is 5.29. The Hall–Kier alpha value is -1.92. The number of carbonyl (C=O) groups excluding carboxylic acids is 1. The molecule has 2 rings (SSSR count). The van der Waals surface area contributed by atoms with Gasteiger partial charge in [0.15, 0.2) is 0 Å². The fourth-order valence-electron chi connectivity index (χ4n) is 2.53. The predicted molar refractivity (Wildman–Crippen MR) is 98.8 cm³/mol. The van der Waals surface area contributed by atoms with Gasteiger partial charge in [0.05, 0.1) is 23.5 Å². The Labute approximate surface area is 147 Å². The second-order valence-corrected chi connectivity index (χ2v) is 6.84. The van der Waals surface area contributed by atoms with Crippen molar-refractivity contribution in [2.45, 2.75) is 46.7 Å². The number of anilines is 1. The first-order valence-electron chi connectivity index (χ1n) is 8.08. The molecule has 0 aliphatic rings. The minimum Gasteiger partial charge on any atom is -0.495 e. The number of hydrogen-bond acceptors (Lipinski definition) is 5. The van der Waals surface area contributed by atoms with Crippen LogP contribution in [0.15, 0.2) is 18.2 Å². The number of amides is 1. The second kappa shape index (κ2) is 8.26. The molecule has 0 fully saturated rings. The maximum absolute atomic E-state index is 11.3. The molecular formula is C18H25N3O2S. The number of hydrogen-bond donors (Lipinski definition) is 2. The number of thiazole rings is 1. The molecular weight excluding hydrogens is 322 g/mol. The monoisotopic (exact) mass is 347 g/mol. The minimum atomic E-state index is -0.112. The van der Waals surface area contributed by atoms with Crippen LogP contribution in [0, 0.1) is 6.92 Å². The van der Waals surface area contributed by atoms with Gasteiger partial charge in [-0.25, -0.2) is 4.98 Å². The van der Waals surface area contributed by atoms with E-state index in [9.17, 15) is 4.79 Å². The van der Waals surface area contributed by atoms with Crippen molar-refractivity contribution in [3.05, 3.63) is 39.3 Å². The Kier molecular flexibility index (Phi) is 6.34. The lowest BCUT2D eigenvalue weighted by Crippen LogP contribution is -2.18. The number of aryl methyl sites for hydroxylation is 2. The van der Waals surface area contributed by atoms with E-state index in [1.54, 1.807) is 18.4 Å². The van der Waals surface area contributed by atoms with E-state index in [4.69, 9.17) is 4.74 Å². The molecule has 24 heavy (non-hydrogen) atoms. The lowest BCUT2D eigenvalue weighted by atomic mass is 10.1. The smallest absolute Gasteiger partial charge is 0.221 e. The number of ether oxygens (including phenoxy) is 1. The standard InChI is InChI=1S/C18H25N3O2S/c1-6-17-20-12(3)18(24-17)11(2)19-10-14-7-8-16(23-5)15(9-14)21-13(4)22/h7-9,11,19H,6,10H2,1-5H3,(H,21,22)/t11-/m1/s1. The highest BCUT2D eigenvalue weighted by atomic mass is 32.1. The van der Waals surface area contributed by atoms with Crippen LogP contribution >= 0.6 is 11.3 Å². The van der Waals surface area contributed by atoms with Crippen molar-refractivity contribution in [3.63, 3.8) is 0 Å². The van der Waals surface area contributed by atoms with Crippen LogP contribution in [0.25, 0.3) is 0 Å². The SMILES string of the molecule is CCc1nc(C)c([C@@H](C)NCc2ccc(OC)c(NC(C)=O)c2)s1. The Bertz CT molecular complexity index is 712. The number of nitrogens with one attached hydrogen (secondary N) is 2. The Morgan fingerprint density at radius 1 is 1.42 bits per heavy atom. The van der Waals surface area contributed by atoms with Gasteiger partial charge in [0, 0.05) is 24.4 Å². The van der Waals surface area contributed by atoms with E-state index in [1.807, 2.05) is 18.2 Å². The van der Waals surface area contributed by atoms with Gasteiger partial charge in [-0.15, -0.1) is 11.3 Å². The Morgan fingerprint density at radius 3 is 2.75 bits per heavy atom. The van der Waals surface area contributed by atoms with Crippen LogP contribution in [0.2, 0.25) is 0 Å². The highest BCUT2D eigenvalue weighted by Crippen LogP contribution is 2.27. The molecule has 1 aromatic carbocycles.